The number of benzene rings is 2. The zero-order valence-electron chi connectivity index (χ0n) is 15.0. The minimum absolute atomic E-state index is 0.0886. The fourth-order valence-electron chi connectivity index (χ4n) is 3.24. The van der Waals surface area contributed by atoms with Crippen LogP contribution in [-0.2, 0) is 4.79 Å². The van der Waals surface area contributed by atoms with Crippen molar-refractivity contribution in [3.05, 3.63) is 71.9 Å². The second-order valence-electron chi connectivity index (χ2n) is 6.62. The Morgan fingerprint density at radius 2 is 1.76 bits per heavy atom. The van der Waals surface area contributed by atoms with Crippen LogP contribution in [0.25, 0.3) is 10.9 Å². The molecule has 0 aliphatic heterocycles. The van der Waals surface area contributed by atoms with Gasteiger partial charge < -0.3 is 15.2 Å². The zero-order valence-corrected chi connectivity index (χ0v) is 15.0. The summed E-state index contributed by atoms with van der Waals surface area (Å²) in [7, 11) is 3.57. The van der Waals surface area contributed by atoms with Gasteiger partial charge in [-0.05, 0) is 24.1 Å². The fraction of sp³-hybridized carbons (Fsp3) is 0.286. The van der Waals surface area contributed by atoms with Gasteiger partial charge in [0.15, 0.2) is 0 Å². The molecule has 25 heavy (non-hydrogen) atoms. The molecule has 4 heteroatoms. The average Bonchev–Trinajstić information content (AvgIpc) is 3.06. The lowest BCUT2D eigenvalue weighted by atomic mass is 9.90. The second-order valence-corrected chi connectivity index (χ2v) is 6.62. The maximum absolute atomic E-state index is 12.1. The molecule has 0 spiro atoms. The van der Waals surface area contributed by atoms with E-state index in [1.54, 1.807) is 19.0 Å². The molecule has 0 saturated heterocycles. The normalized spacial score (nSPS) is 13.6. The van der Waals surface area contributed by atoms with E-state index in [4.69, 9.17) is 0 Å². The number of carbonyl (C=O) groups excluding carboxylic acids is 1. The quantitative estimate of drug-likeness (QED) is 0.725. The molecule has 0 unspecified atom stereocenters. The van der Waals surface area contributed by atoms with Crippen molar-refractivity contribution in [2.24, 2.45) is 0 Å². The third kappa shape index (κ3) is 3.74. The standard InChI is InChI=1S/C21H25N3O/c1-15(21(25)24(2)3)22-13-18(16-9-5-4-6-10-16)19-14-23-20-12-8-7-11-17(19)20/h4-12,14-15,18,22-23H,13H2,1-3H3/t15-,18+/m1/s1. The van der Waals surface area contributed by atoms with Gasteiger partial charge in [-0.15, -0.1) is 0 Å². The molecule has 130 valence electrons. The first-order valence-electron chi connectivity index (χ1n) is 8.63. The third-order valence-corrected chi connectivity index (χ3v) is 4.64. The van der Waals surface area contributed by atoms with Crippen LogP contribution in [0.5, 0.6) is 0 Å². The third-order valence-electron chi connectivity index (χ3n) is 4.64. The number of hydrogen-bond donors (Lipinski definition) is 2. The Morgan fingerprint density at radius 3 is 2.48 bits per heavy atom. The average molecular weight is 335 g/mol. The van der Waals surface area contributed by atoms with E-state index in [9.17, 15) is 4.79 Å². The number of rotatable bonds is 6. The molecule has 3 aromatic rings. The number of hydrogen-bond acceptors (Lipinski definition) is 2. The SMILES string of the molecule is C[C@@H](NC[C@@H](c1ccccc1)c1c[nH]c2ccccc12)C(=O)N(C)C. The first kappa shape index (κ1) is 17.2. The number of fused-ring (bicyclic) bond motifs is 1. The summed E-state index contributed by atoms with van der Waals surface area (Å²) in [4.78, 5) is 17.1. The van der Waals surface area contributed by atoms with Gasteiger partial charge in [0, 0.05) is 43.7 Å². The Bertz CT molecular complexity index is 838. The summed E-state index contributed by atoms with van der Waals surface area (Å²) in [5.74, 6) is 0.264. The van der Waals surface area contributed by atoms with Crippen molar-refractivity contribution < 1.29 is 4.79 Å². The Labute approximate surface area is 148 Å². The molecule has 1 heterocycles. The Kier molecular flexibility index (Phi) is 5.19. The van der Waals surface area contributed by atoms with Crippen molar-refractivity contribution in [1.29, 1.82) is 0 Å². The van der Waals surface area contributed by atoms with E-state index in [0.29, 0.717) is 6.54 Å². The first-order chi connectivity index (χ1) is 12.1. The number of H-pyrrole nitrogens is 1. The molecule has 2 N–H and O–H groups in total. The van der Waals surface area contributed by atoms with E-state index >= 15 is 0 Å². The number of amides is 1. The molecule has 0 fully saturated rings. The number of aromatic nitrogens is 1. The summed E-state index contributed by atoms with van der Waals surface area (Å²) in [6.07, 6.45) is 2.09. The maximum atomic E-state index is 12.1. The Morgan fingerprint density at radius 1 is 1.08 bits per heavy atom. The van der Waals surface area contributed by atoms with Crippen LogP contribution < -0.4 is 5.32 Å². The predicted molar refractivity (Wildman–Crippen MR) is 103 cm³/mol. The van der Waals surface area contributed by atoms with Gasteiger partial charge in [-0.1, -0.05) is 48.5 Å². The van der Waals surface area contributed by atoms with E-state index in [2.05, 4.69) is 59.0 Å². The number of para-hydroxylation sites is 1. The van der Waals surface area contributed by atoms with Gasteiger partial charge >= 0.3 is 0 Å². The number of aromatic amines is 1. The van der Waals surface area contributed by atoms with E-state index in [-0.39, 0.29) is 17.9 Å². The summed E-state index contributed by atoms with van der Waals surface area (Å²) in [5.41, 5.74) is 3.62. The van der Waals surface area contributed by atoms with Crippen LogP contribution in [0.1, 0.15) is 24.0 Å². The molecule has 0 radical (unpaired) electrons. The number of likely N-dealkylation sites (N-methyl/N-ethyl adjacent to an activating group) is 1. The minimum Gasteiger partial charge on any atom is -0.361 e. The molecule has 0 aliphatic rings. The predicted octanol–water partition coefficient (Wildman–Crippen LogP) is 3.37. The van der Waals surface area contributed by atoms with Crippen molar-refractivity contribution in [2.75, 3.05) is 20.6 Å². The van der Waals surface area contributed by atoms with E-state index in [1.807, 2.05) is 19.1 Å². The highest BCUT2D eigenvalue weighted by molar-refractivity contribution is 5.84. The maximum Gasteiger partial charge on any atom is 0.238 e. The molecule has 0 aliphatic carbocycles. The van der Waals surface area contributed by atoms with E-state index in [0.717, 1.165) is 5.52 Å². The Hall–Kier alpha value is -2.59. The lowest BCUT2D eigenvalue weighted by molar-refractivity contribution is -0.130. The zero-order chi connectivity index (χ0) is 17.8. The molecule has 4 nitrogen and oxygen atoms in total. The number of carbonyl (C=O) groups is 1. The monoisotopic (exact) mass is 335 g/mol. The van der Waals surface area contributed by atoms with Crippen molar-refractivity contribution in [3.8, 4) is 0 Å². The van der Waals surface area contributed by atoms with Crippen LogP contribution in [0.2, 0.25) is 0 Å². The van der Waals surface area contributed by atoms with Crippen LogP contribution in [-0.4, -0.2) is 42.5 Å². The highest BCUT2D eigenvalue weighted by Gasteiger charge is 2.21. The van der Waals surface area contributed by atoms with Gasteiger partial charge in [0.1, 0.15) is 0 Å². The summed E-state index contributed by atoms with van der Waals surface area (Å²) in [6, 6.07) is 18.6. The van der Waals surface area contributed by atoms with E-state index < -0.39 is 0 Å². The molecule has 2 aromatic carbocycles. The first-order valence-corrected chi connectivity index (χ1v) is 8.63. The van der Waals surface area contributed by atoms with Gasteiger partial charge in [-0.3, -0.25) is 4.79 Å². The number of nitrogens with one attached hydrogen (secondary N) is 2. The van der Waals surface area contributed by atoms with Gasteiger partial charge in [-0.2, -0.15) is 0 Å². The largest absolute Gasteiger partial charge is 0.361 e. The van der Waals surface area contributed by atoms with Crippen LogP contribution in [0.3, 0.4) is 0 Å². The summed E-state index contributed by atoms with van der Waals surface area (Å²) in [5, 5.41) is 4.64. The van der Waals surface area contributed by atoms with Crippen LogP contribution in [0.4, 0.5) is 0 Å². The fourth-order valence-corrected chi connectivity index (χ4v) is 3.24. The summed E-state index contributed by atoms with van der Waals surface area (Å²) >= 11 is 0. The smallest absolute Gasteiger partial charge is 0.238 e. The summed E-state index contributed by atoms with van der Waals surface area (Å²) < 4.78 is 0. The molecule has 3 rings (SSSR count). The lowest BCUT2D eigenvalue weighted by Gasteiger charge is -2.23. The van der Waals surface area contributed by atoms with Gasteiger partial charge in [-0.25, -0.2) is 0 Å². The Balaban J connectivity index is 1.90. The molecule has 0 saturated carbocycles. The topological polar surface area (TPSA) is 48.1 Å². The van der Waals surface area contributed by atoms with Crippen LogP contribution >= 0.6 is 0 Å². The molecule has 2 atom stereocenters. The second kappa shape index (κ2) is 7.53. The van der Waals surface area contributed by atoms with Gasteiger partial charge in [0.2, 0.25) is 5.91 Å². The highest BCUT2D eigenvalue weighted by Crippen LogP contribution is 2.30. The van der Waals surface area contributed by atoms with Crippen LogP contribution in [0, 0.1) is 0 Å². The molecule has 0 bridgehead atoms. The van der Waals surface area contributed by atoms with Gasteiger partial charge in [0.25, 0.3) is 0 Å². The summed E-state index contributed by atoms with van der Waals surface area (Å²) in [6.45, 7) is 2.62. The molecule has 1 amide bonds. The van der Waals surface area contributed by atoms with Crippen molar-refractivity contribution >= 4 is 16.8 Å². The molecule has 1 aromatic heterocycles. The van der Waals surface area contributed by atoms with Crippen molar-refractivity contribution in [2.45, 2.75) is 18.9 Å². The highest BCUT2D eigenvalue weighted by atomic mass is 16.2. The van der Waals surface area contributed by atoms with Gasteiger partial charge in [0.05, 0.1) is 6.04 Å². The van der Waals surface area contributed by atoms with Crippen LogP contribution in [0.15, 0.2) is 60.8 Å². The molecular weight excluding hydrogens is 310 g/mol. The minimum atomic E-state index is -0.216. The molecular formula is C21H25N3O. The van der Waals surface area contributed by atoms with E-state index in [1.165, 1.54) is 16.5 Å². The lowest BCUT2D eigenvalue weighted by Crippen LogP contribution is -2.43. The number of nitrogens with zero attached hydrogens (tertiary/aromatic N) is 1. The van der Waals surface area contributed by atoms with Crippen molar-refractivity contribution in [1.82, 2.24) is 15.2 Å². The van der Waals surface area contributed by atoms with Crippen molar-refractivity contribution in [3.63, 3.8) is 0 Å².